The van der Waals surface area contributed by atoms with Crippen LogP contribution in [0, 0.1) is 0 Å². The van der Waals surface area contributed by atoms with Crippen LogP contribution in [0.4, 0.5) is 0 Å². The van der Waals surface area contributed by atoms with E-state index in [0.717, 1.165) is 34.4 Å². The van der Waals surface area contributed by atoms with Gasteiger partial charge in [0.15, 0.2) is 5.96 Å². The van der Waals surface area contributed by atoms with Crippen molar-refractivity contribution in [2.75, 3.05) is 13.1 Å². The molecule has 0 saturated heterocycles. The molecule has 0 spiro atoms. The molecule has 0 amide bonds. The lowest BCUT2D eigenvalue weighted by Gasteiger charge is -2.24. The average Bonchev–Trinajstić information content (AvgIpc) is 2.56. The van der Waals surface area contributed by atoms with E-state index in [1.54, 1.807) is 0 Å². The molecule has 3 rings (SSSR count). The van der Waals surface area contributed by atoms with Gasteiger partial charge >= 0.3 is 0 Å². The Morgan fingerprint density at radius 3 is 1.87 bits per heavy atom. The van der Waals surface area contributed by atoms with Crippen LogP contribution in [-0.4, -0.2) is 19.0 Å². The number of nitrogens with zero attached hydrogens (tertiary/aromatic N) is 1. The Hall–Kier alpha value is -0.600. The van der Waals surface area contributed by atoms with Gasteiger partial charge in [0.1, 0.15) is 0 Å². The monoisotopic (exact) mass is 549 g/mol. The first-order chi connectivity index (χ1) is 10.7. The number of benzene rings is 2. The summed E-state index contributed by atoms with van der Waals surface area (Å²) < 4.78 is 2.16. The molecule has 0 atom stereocenters. The maximum atomic E-state index is 4.53. The Morgan fingerprint density at radius 2 is 1.43 bits per heavy atom. The summed E-state index contributed by atoms with van der Waals surface area (Å²) in [6.07, 6.45) is 1.09. The van der Waals surface area contributed by atoms with Crippen LogP contribution < -0.4 is 10.6 Å². The second kappa shape index (κ2) is 9.03. The second-order valence-corrected chi connectivity index (χ2v) is 7.02. The lowest BCUT2D eigenvalue weighted by atomic mass is 9.99. The number of hydrogen-bond acceptors (Lipinski definition) is 3. The van der Waals surface area contributed by atoms with E-state index >= 15 is 0 Å². The summed E-state index contributed by atoms with van der Waals surface area (Å²) in [5.74, 6) is 0.877. The second-order valence-electron chi connectivity index (χ2n) is 5.19. The average molecular weight is 551 g/mol. The Kier molecular flexibility index (Phi) is 7.36. The minimum absolute atomic E-state index is 0. The number of aliphatic imine (C=N–C) groups is 1. The van der Waals surface area contributed by atoms with E-state index < -0.39 is 0 Å². The van der Waals surface area contributed by atoms with Gasteiger partial charge in [0.25, 0.3) is 0 Å². The van der Waals surface area contributed by atoms with Crippen molar-refractivity contribution in [2.45, 2.75) is 12.5 Å². The number of guanidine groups is 1. The molecule has 2 aromatic rings. The van der Waals surface area contributed by atoms with Gasteiger partial charge in [-0.1, -0.05) is 56.1 Å². The van der Waals surface area contributed by atoms with E-state index in [2.05, 4.69) is 96.0 Å². The predicted octanol–water partition coefficient (Wildman–Crippen LogP) is 4.86. The quantitative estimate of drug-likeness (QED) is 0.536. The minimum atomic E-state index is 0. The first-order valence-electron chi connectivity index (χ1n) is 7.28. The number of nitrogens with one attached hydrogen (secondary N) is 2. The number of rotatable bonds is 3. The fourth-order valence-corrected chi connectivity index (χ4v) is 2.96. The van der Waals surface area contributed by atoms with Gasteiger partial charge in [0.2, 0.25) is 0 Å². The fourth-order valence-electron chi connectivity index (χ4n) is 2.44. The van der Waals surface area contributed by atoms with Crippen LogP contribution in [0.15, 0.2) is 62.5 Å². The lowest BCUT2D eigenvalue weighted by molar-refractivity contribution is 0.668. The fraction of sp³-hybridized carbons (Fsp3) is 0.235. The van der Waals surface area contributed by atoms with Gasteiger partial charge in [-0.05, 0) is 41.8 Å². The molecule has 3 nitrogen and oxygen atoms in total. The van der Waals surface area contributed by atoms with Gasteiger partial charge in [-0.3, -0.25) is 4.99 Å². The molecule has 1 aliphatic heterocycles. The summed E-state index contributed by atoms with van der Waals surface area (Å²) >= 11 is 6.99. The van der Waals surface area contributed by atoms with Crippen molar-refractivity contribution in [1.82, 2.24) is 10.6 Å². The Balaban J connectivity index is 0.00000192. The molecule has 0 unspecified atom stereocenters. The molecule has 0 aliphatic carbocycles. The highest BCUT2D eigenvalue weighted by Gasteiger charge is 2.16. The van der Waals surface area contributed by atoms with E-state index in [-0.39, 0.29) is 30.0 Å². The molecular weight excluding hydrogens is 533 g/mol. The Bertz CT molecular complexity index is 611. The van der Waals surface area contributed by atoms with Crippen LogP contribution in [0.3, 0.4) is 0 Å². The van der Waals surface area contributed by atoms with Crippen molar-refractivity contribution in [3.8, 4) is 0 Å². The first-order valence-corrected chi connectivity index (χ1v) is 8.87. The zero-order valence-corrected chi connectivity index (χ0v) is 17.9. The highest BCUT2D eigenvalue weighted by atomic mass is 127. The summed E-state index contributed by atoms with van der Waals surface area (Å²) in [6, 6.07) is 16.9. The normalized spacial score (nSPS) is 13.8. The zero-order valence-electron chi connectivity index (χ0n) is 12.4. The Labute approximate surface area is 170 Å². The van der Waals surface area contributed by atoms with E-state index in [1.165, 1.54) is 11.1 Å². The summed E-state index contributed by atoms with van der Waals surface area (Å²) in [6.45, 7) is 1.85. The van der Waals surface area contributed by atoms with Crippen molar-refractivity contribution in [2.24, 2.45) is 4.99 Å². The molecule has 2 aromatic carbocycles. The largest absolute Gasteiger partial charge is 0.356 e. The molecular formula is C17H18Br2IN3. The van der Waals surface area contributed by atoms with Gasteiger partial charge < -0.3 is 10.6 Å². The van der Waals surface area contributed by atoms with Crippen molar-refractivity contribution in [3.63, 3.8) is 0 Å². The smallest absolute Gasteiger partial charge is 0.192 e. The van der Waals surface area contributed by atoms with Crippen LogP contribution in [0.25, 0.3) is 0 Å². The molecule has 122 valence electrons. The van der Waals surface area contributed by atoms with Gasteiger partial charge in [-0.15, -0.1) is 24.0 Å². The molecule has 2 N–H and O–H groups in total. The summed E-state index contributed by atoms with van der Waals surface area (Å²) in [5, 5.41) is 6.87. The van der Waals surface area contributed by atoms with Crippen molar-refractivity contribution >= 4 is 61.8 Å². The summed E-state index contributed by atoms with van der Waals surface area (Å²) in [7, 11) is 0. The molecule has 23 heavy (non-hydrogen) atoms. The van der Waals surface area contributed by atoms with Crippen LogP contribution in [0.1, 0.15) is 23.6 Å². The summed E-state index contributed by atoms with van der Waals surface area (Å²) in [4.78, 5) is 4.53. The zero-order chi connectivity index (χ0) is 15.4. The first kappa shape index (κ1) is 18.7. The molecule has 0 bridgehead atoms. The third-order valence-corrected chi connectivity index (χ3v) is 4.64. The van der Waals surface area contributed by atoms with Gasteiger partial charge in [-0.2, -0.15) is 0 Å². The maximum absolute atomic E-state index is 4.53. The van der Waals surface area contributed by atoms with Gasteiger partial charge in [0, 0.05) is 22.0 Å². The molecule has 6 heteroatoms. The maximum Gasteiger partial charge on any atom is 0.192 e. The van der Waals surface area contributed by atoms with E-state index in [1.807, 2.05) is 0 Å². The molecule has 0 radical (unpaired) electrons. The molecule has 0 saturated carbocycles. The van der Waals surface area contributed by atoms with E-state index in [9.17, 15) is 0 Å². The third-order valence-electron chi connectivity index (χ3n) is 3.58. The summed E-state index contributed by atoms with van der Waals surface area (Å²) in [5.41, 5.74) is 2.42. The molecule has 0 aromatic heterocycles. The van der Waals surface area contributed by atoms with Crippen molar-refractivity contribution < 1.29 is 0 Å². The highest BCUT2D eigenvalue weighted by Crippen LogP contribution is 2.25. The highest BCUT2D eigenvalue weighted by molar-refractivity contribution is 14.0. The van der Waals surface area contributed by atoms with E-state index in [0.29, 0.717) is 0 Å². The number of halogens is 3. The molecule has 0 fully saturated rings. The standard InChI is InChI=1S/C17H17Br2N3.HI/c18-14-6-2-12(3-7-14)16(13-4-8-15(19)9-5-13)22-17-20-10-1-11-21-17;/h2-9,16H,1,10-11H2,(H2,20,21,22);1H. The molecule has 1 aliphatic rings. The van der Waals surface area contributed by atoms with Crippen LogP contribution >= 0.6 is 55.8 Å². The van der Waals surface area contributed by atoms with Crippen LogP contribution in [0.2, 0.25) is 0 Å². The topological polar surface area (TPSA) is 36.4 Å². The van der Waals surface area contributed by atoms with Crippen molar-refractivity contribution in [1.29, 1.82) is 0 Å². The van der Waals surface area contributed by atoms with Gasteiger partial charge in [0.05, 0.1) is 6.04 Å². The molecule has 1 heterocycles. The third kappa shape index (κ3) is 5.19. The van der Waals surface area contributed by atoms with E-state index in [4.69, 9.17) is 0 Å². The van der Waals surface area contributed by atoms with Gasteiger partial charge in [-0.25, -0.2) is 0 Å². The minimum Gasteiger partial charge on any atom is -0.356 e. The Morgan fingerprint density at radius 1 is 0.913 bits per heavy atom. The van der Waals surface area contributed by atoms with Crippen molar-refractivity contribution in [3.05, 3.63) is 68.6 Å². The van der Waals surface area contributed by atoms with Crippen LogP contribution in [0.5, 0.6) is 0 Å². The number of hydrogen-bond donors (Lipinski definition) is 2. The SMILES string of the molecule is Brc1ccc(C(NC2=NCCCN2)c2ccc(Br)cc2)cc1.I. The lowest BCUT2D eigenvalue weighted by Crippen LogP contribution is -2.42. The predicted molar refractivity (Wildman–Crippen MR) is 114 cm³/mol. The van der Waals surface area contributed by atoms with Crippen LogP contribution in [-0.2, 0) is 0 Å².